The van der Waals surface area contributed by atoms with E-state index in [1.807, 2.05) is 18.2 Å². The second-order valence-corrected chi connectivity index (χ2v) is 6.71. The molecule has 2 heterocycles. The van der Waals surface area contributed by atoms with Crippen LogP contribution >= 0.6 is 11.6 Å². The fourth-order valence-electron chi connectivity index (χ4n) is 3.65. The molecule has 1 aromatic heterocycles. The van der Waals surface area contributed by atoms with Crippen LogP contribution < -0.4 is 11.1 Å². The van der Waals surface area contributed by atoms with E-state index in [1.54, 1.807) is 6.92 Å². The highest BCUT2D eigenvalue weighted by molar-refractivity contribution is 6.38. The number of aromatic nitrogens is 1. The number of halogens is 2. The van der Waals surface area contributed by atoms with Crippen LogP contribution in [0.4, 0.5) is 4.39 Å². The summed E-state index contributed by atoms with van der Waals surface area (Å²) >= 11 is 6.47. The van der Waals surface area contributed by atoms with Crippen molar-refractivity contribution in [2.45, 2.75) is 19.9 Å². The molecule has 1 aliphatic rings. The van der Waals surface area contributed by atoms with E-state index in [1.165, 1.54) is 6.07 Å². The number of rotatable bonds is 2. The van der Waals surface area contributed by atoms with Gasteiger partial charge in [-0.25, -0.2) is 4.39 Å². The average Bonchev–Trinajstić information content (AvgIpc) is 2.89. The Morgan fingerprint density at radius 2 is 2.16 bits per heavy atom. The Bertz CT molecular complexity index is 1030. The van der Waals surface area contributed by atoms with Crippen molar-refractivity contribution in [2.24, 2.45) is 5.73 Å². The Kier molecular flexibility index (Phi) is 3.78. The molecule has 0 aliphatic carbocycles. The molecule has 0 saturated carbocycles. The third-order valence-corrected chi connectivity index (χ3v) is 5.29. The number of primary amides is 1. The van der Waals surface area contributed by atoms with Gasteiger partial charge in [0.15, 0.2) is 0 Å². The molecule has 4 N–H and O–H groups in total. The van der Waals surface area contributed by atoms with Crippen molar-refractivity contribution in [1.29, 1.82) is 0 Å². The molecule has 0 saturated heterocycles. The lowest BCUT2D eigenvalue weighted by Gasteiger charge is -2.21. The highest BCUT2D eigenvalue weighted by atomic mass is 35.5. The van der Waals surface area contributed by atoms with Gasteiger partial charge in [-0.2, -0.15) is 0 Å². The van der Waals surface area contributed by atoms with Crippen molar-refractivity contribution in [1.82, 2.24) is 10.3 Å². The number of fused-ring (bicyclic) bond motifs is 2. The molecule has 3 aromatic rings. The number of amides is 1. The number of hydrogen-bond acceptors (Lipinski definition) is 2. The molecule has 0 bridgehead atoms. The molecule has 0 radical (unpaired) electrons. The van der Waals surface area contributed by atoms with Gasteiger partial charge in [-0.1, -0.05) is 29.8 Å². The predicted octanol–water partition coefficient (Wildman–Crippen LogP) is 3.68. The lowest BCUT2D eigenvalue weighted by atomic mass is 9.89. The highest BCUT2D eigenvalue weighted by Crippen LogP contribution is 2.41. The summed E-state index contributed by atoms with van der Waals surface area (Å²) in [7, 11) is 0. The first-order chi connectivity index (χ1) is 12.0. The summed E-state index contributed by atoms with van der Waals surface area (Å²) in [6.45, 7) is 3.39. The summed E-state index contributed by atoms with van der Waals surface area (Å²) < 4.78 is 15.1. The maximum absolute atomic E-state index is 15.1. The number of aromatic amines is 1. The fourth-order valence-corrected chi connectivity index (χ4v) is 3.89. The number of nitrogens with two attached hydrogens (primary N) is 1. The number of H-pyrrole nitrogens is 1. The Morgan fingerprint density at radius 1 is 1.36 bits per heavy atom. The van der Waals surface area contributed by atoms with Crippen molar-refractivity contribution < 1.29 is 9.18 Å². The Labute approximate surface area is 149 Å². The van der Waals surface area contributed by atoms with Gasteiger partial charge in [-0.3, -0.25) is 4.79 Å². The number of carbonyl (C=O) groups is 1. The molecular formula is C19H17ClFN3O. The SMILES string of the molecule is Cc1[nH]c2c(C(N)=O)cc(F)c(-c3cccc4c3CCNC4)c2c1Cl. The fraction of sp³-hybridized carbons (Fsp3) is 0.211. The number of carbonyl (C=O) groups excluding carboxylic acids is 1. The van der Waals surface area contributed by atoms with E-state index in [2.05, 4.69) is 10.3 Å². The topological polar surface area (TPSA) is 70.9 Å². The molecule has 0 spiro atoms. The van der Waals surface area contributed by atoms with E-state index >= 15 is 4.39 Å². The van der Waals surface area contributed by atoms with E-state index in [0.717, 1.165) is 36.2 Å². The summed E-state index contributed by atoms with van der Waals surface area (Å²) in [5.41, 5.74) is 10.2. The van der Waals surface area contributed by atoms with Crippen molar-refractivity contribution >= 4 is 28.4 Å². The van der Waals surface area contributed by atoms with Crippen LogP contribution in [-0.2, 0) is 13.0 Å². The third-order valence-electron chi connectivity index (χ3n) is 4.82. The van der Waals surface area contributed by atoms with Gasteiger partial charge in [-0.05, 0) is 42.6 Å². The third kappa shape index (κ3) is 2.42. The quantitative estimate of drug-likeness (QED) is 0.654. The zero-order valence-corrected chi connectivity index (χ0v) is 14.4. The summed E-state index contributed by atoms with van der Waals surface area (Å²) in [5.74, 6) is -1.18. The summed E-state index contributed by atoms with van der Waals surface area (Å²) in [6, 6.07) is 7.07. The van der Waals surface area contributed by atoms with E-state index in [0.29, 0.717) is 27.2 Å². The van der Waals surface area contributed by atoms with Crippen molar-refractivity contribution in [3.05, 3.63) is 57.5 Å². The summed E-state index contributed by atoms with van der Waals surface area (Å²) in [6.07, 6.45) is 0.811. The number of aryl methyl sites for hydroxylation is 1. The smallest absolute Gasteiger partial charge is 0.250 e. The van der Waals surface area contributed by atoms with Crippen LogP contribution in [0.2, 0.25) is 5.02 Å². The first kappa shape index (κ1) is 16.1. The molecule has 128 valence electrons. The molecule has 1 amide bonds. The maximum atomic E-state index is 15.1. The highest BCUT2D eigenvalue weighted by Gasteiger charge is 2.24. The van der Waals surface area contributed by atoms with Gasteiger partial charge in [0.05, 0.1) is 16.1 Å². The standard InChI is InChI=1S/C19H17ClFN3O/c1-9-17(20)16-15(14(21)7-13(19(22)25)18(16)24-9)12-4-2-3-10-8-23-6-5-11(10)12/h2-4,7,23-24H,5-6,8H2,1H3,(H2,22,25). The Hall–Kier alpha value is -2.37. The van der Waals surface area contributed by atoms with Gasteiger partial charge in [0, 0.05) is 23.2 Å². The molecule has 4 nitrogen and oxygen atoms in total. The van der Waals surface area contributed by atoms with Gasteiger partial charge in [0.1, 0.15) is 5.82 Å². The molecule has 0 atom stereocenters. The number of nitrogens with one attached hydrogen (secondary N) is 2. The van der Waals surface area contributed by atoms with Crippen molar-refractivity contribution in [3.8, 4) is 11.1 Å². The molecule has 25 heavy (non-hydrogen) atoms. The van der Waals surface area contributed by atoms with E-state index in [-0.39, 0.29) is 5.56 Å². The largest absolute Gasteiger partial charge is 0.366 e. The summed E-state index contributed by atoms with van der Waals surface area (Å²) in [4.78, 5) is 14.8. The zero-order chi connectivity index (χ0) is 17.7. The van der Waals surface area contributed by atoms with Crippen LogP contribution in [0.1, 0.15) is 27.2 Å². The van der Waals surface area contributed by atoms with Crippen LogP contribution in [0.3, 0.4) is 0 Å². The molecule has 4 rings (SSSR count). The van der Waals surface area contributed by atoms with Crippen LogP contribution in [0.25, 0.3) is 22.0 Å². The minimum atomic E-state index is -0.687. The Morgan fingerprint density at radius 3 is 2.92 bits per heavy atom. The summed E-state index contributed by atoms with van der Waals surface area (Å²) in [5, 5.41) is 4.25. The monoisotopic (exact) mass is 357 g/mol. The first-order valence-electron chi connectivity index (χ1n) is 8.11. The minimum Gasteiger partial charge on any atom is -0.366 e. The molecular weight excluding hydrogens is 341 g/mol. The second-order valence-electron chi connectivity index (χ2n) is 6.33. The number of benzene rings is 2. The van der Waals surface area contributed by atoms with Crippen LogP contribution in [-0.4, -0.2) is 17.4 Å². The Balaban J connectivity index is 2.12. The van der Waals surface area contributed by atoms with E-state index < -0.39 is 11.7 Å². The van der Waals surface area contributed by atoms with Crippen LogP contribution in [0.5, 0.6) is 0 Å². The van der Waals surface area contributed by atoms with E-state index in [9.17, 15) is 4.79 Å². The van der Waals surface area contributed by atoms with Gasteiger partial charge >= 0.3 is 0 Å². The van der Waals surface area contributed by atoms with Gasteiger partial charge < -0.3 is 16.0 Å². The molecule has 6 heteroatoms. The first-order valence-corrected chi connectivity index (χ1v) is 8.48. The normalized spacial score (nSPS) is 13.9. The molecule has 2 aromatic carbocycles. The zero-order valence-electron chi connectivity index (χ0n) is 13.7. The maximum Gasteiger partial charge on any atom is 0.250 e. The van der Waals surface area contributed by atoms with Crippen LogP contribution in [0.15, 0.2) is 24.3 Å². The lowest BCUT2D eigenvalue weighted by Crippen LogP contribution is -2.24. The van der Waals surface area contributed by atoms with E-state index in [4.69, 9.17) is 17.3 Å². The second kappa shape index (κ2) is 5.86. The number of hydrogen-bond donors (Lipinski definition) is 3. The molecule has 0 fully saturated rings. The van der Waals surface area contributed by atoms with Gasteiger partial charge in [0.2, 0.25) is 0 Å². The average molecular weight is 358 g/mol. The molecule has 0 unspecified atom stereocenters. The molecule has 1 aliphatic heterocycles. The predicted molar refractivity (Wildman–Crippen MR) is 97.4 cm³/mol. The minimum absolute atomic E-state index is 0.109. The van der Waals surface area contributed by atoms with Gasteiger partial charge in [-0.15, -0.1) is 0 Å². The van der Waals surface area contributed by atoms with Gasteiger partial charge in [0.25, 0.3) is 5.91 Å². The van der Waals surface area contributed by atoms with Crippen molar-refractivity contribution in [2.75, 3.05) is 6.54 Å². The lowest BCUT2D eigenvalue weighted by molar-refractivity contribution is 0.100. The van der Waals surface area contributed by atoms with Crippen LogP contribution in [0, 0.1) is 12.7 Å². The van der Waals surface area contributed by atoms with Crippen molar-refractivity contribution in [3.63, 3.8) is 0 Å².